The SMILES string of the molecule is Cc1ccc(CC(CO)CCCS(C)(=O)=O)cc1. The molecule has 0 spiro atoms. The molecule has 3 nitrogen and oxygen atoms in total. The molecule has 0 radical (unpaired) electrons. The summed E-state index contributed by atoms with van der Waals surface area (Å²) in [5.41, 5.74) is 2.41. The predicted octanol–water partition coefficient (Wildman–Crippen LogP) is 1.97. The van der Waals surface area contributed by atoms with E-state index in [1.165, 1.54) is 17.4 Å². The van der Waals surface area contributed by atoms with E-state index in [-0.39, 0.29) is 18.3 Å². The van der Waals surface area contributed by atoms with E-state index in [9.17, 15) is 13.5 Å². The van der Waals surface area contributed by atoms with Gasteiger partial charge in [0.1, 0.15) is 9.84 Å². The van der Waals surface area contributed by atoms with Gasteiger partial charge in [0.2, 0.25) is 0 Å². The molecular formula is C14H22O3S. The van der Waals surface area contributed by atoms with Crippen LogP contribution in [0.5, 0.6) is 0 Å². The van der Waals surface area contributed by atoms with Crippen LogP contribution in [0.25, 0.3) is 0 Å². The molecule has 1 aromatic rings. The summed E-state index contributed by atoms with van der Waals surface area (Å²) >= 11 is 0. The minimum Gasteiger partial charge on any atom is -0.396 e. The Labute approximate surface area is 110 Å². The first-order valence-corrected chi connectivity index (χ1v) is 8.31. The van der Waals surface area contributed by atoms with Gasteiger partial charge in [-0.05, 0) is 37.7 Å². The predicted molar refractivity (Wildman–Crippen MR) is 74.4 cm³/mol. The van der Waals surface area contributed by atoms with E-state index in [4.69, 9.17) is 0 Å². The molecule has 0 aliphatic heterocycles. The third-order valence-corrected chi connectivity index (χ3v) is 4.06. The monoisotopic (exact) mass is 270 g/mol. The van der Waals surface area contributed by atoms with E-state index in [0.717, 1.165) is 12.8 Å². The molecule has 4 heteroatoms. The van der Waals surface area contributed by atoms with Crippen molar-refractivity contribution in [2.75, 3.05) is 18.6 Å². The summed E-state index contributed by atoms with van der Waals surface area (Å²) < 4.78 is 22.1. The van der Waals surface area contributed by atoms with E-state index in [2.05, 4.69) is 24.3 Å². The van der Waals surface area contributed by atoms with Gasteiger partial charge in [-0.3, -0.25) is 0 Å². The van der Waals surface area contributed by atoms with Crippen molar-refractivity contribution in [3.05, 3.63) is 35.4 Å². The van der Waals surface area contributed by atoms with E-state index in [1.54, 1.807) is 0 Å². The van der Waals surface area contributed by atoms with E-state index in [1.807, 2.05) is 6.92 Å². The average Bonchev–Trinajstić information content (AvgIpc) is 2.29. The molecule has 1 rings (SSSR count). The van der Waals surface area contributed by atoms with Gasteiger partial charge in [0, 0.05) is 18.6 Å². The Morgan fingerprint density at radius 2 is 1.83 bits per heavy atom. The van der Waals surface area contributed by atoms with Crippen LogP contribution < -0.4 is 0 Å². The summed E-state index contributed by atoms with van der Waals surface area (Å²) in [5, 5.41) is 9.32. The maximum Gasteiger partial charge on any atom is 0.147 e. The number of aliphatic hydroxyl groups is 1. The zero-order valence-electron chi connectivity index (χ0n) is 11.1. The molecule has 0 aliphatic rings. The highest BCUT2D eigenvalue weighted by Gasteiger charge is 2.10. The minimum absolute atomic E-state index is 0.109. The van der Waals surface area contributed by atoms with Crippen LogP contribution >= 0.6 is 0 Å². The van der Waals surface area contributed by atoms with E-state index < -0.39 is 9.84 Å². The van der Waals surface area contributed by atoms with Gasteiger partial charge in [0.15, 0.2) is 0 Å². The summed E-state index contributed by atoms with van der Waals surface area (Å²) in [6, 6.07) is 8.24. The zero-order chi connectivity index (χ0) is 13.6. The molecule has 0 fully saturated rings. The lowest BCUT2D eigenvalue weighted by molar-refractivity contribution is 0.217. The van der Waals surface area contributed by atoms with Crippen LogP contribution in [0.4, 0.5) is 0 Å². The smallest absolute Gasteiger partial charge is 0.147 e. The number of hydrogen-bond donors (Lipinski definition) is 1. The normalized spacial score (nSPS) is 13.5. The summed E-state index contributed by atoms with van der Waals surface area (Å²) in [4.78, 5) is 0. The Balaban J connectivity index is 2.44. The number of hydrogen-bond acceptors (Lipinski definition) is 3. The van der Waals surface area contributed by atoms with Gasteiger partial charge >= 0.3 is 0 Å². The number of benzene rings is 1. The lowest BCUT2D eigenvalue weighted by Crippen LogP contribution is -2.12. The molecule has 0 saturated carbocycles. The van der Waals surface area contributed by atoms with Crippen molar-refractivity contribution in [3.63, 3.8) is 0 Å². The van der Waals surface area contributed by atoms with E-state index >= 15 is 0 Å². The number of rotatable bonds is 7. The van der Waals surface area contributed by atoms with Gasteiger partial charge in [-0.1, -0.05) is 29.8 Å². The maximum atomic E-state index is 11.0. The van der Waals surface area contributed by atoms with Crippen molar-refractivity contribution in [2.45, 2.75) is 26.2 Å². The first-order valence-electron chi connectivity index (χ1n) is 6.25. The minimum atomic E-state index is -2.89. The van der Waals surface area contributed by atoms with Crippen molar-refractivity contribution in [1.82, 2.24) is 0 Å². The molecule has 0 saturated heterocycles. The Hall–Kier alpha value is -0.870. The average molecular weight is 270 g/mol. The Morgan fingerprint density at radius 3 is 2.33 bits per heavy atom. The van der Waals surface area contributed by atoms with Crippen LogP contribution in [-0.4, -0.2) is 32.1 Å². The van der Waals surface area contributed by atoms with Crippen LogP contribution in [0.1, 0.15) is 24.0 Å². The molecule has 1 unspecified atom stereocenters. The fourth-order valence-electron chi connectivity index (χ4n) is 1.95. The summed E-state index contributed by atoms with van der Waals surface area (Å²) in [5.74, 6) is 0.353. The van der Waals surface area contributed by atoms with Gasteiger partial charge in [0.05, 0.1) is 0 Å². The molecule has 1 N–H and O–H groups in total. The van der Waals surface area contributed by atoms with Gasteiger partial charge in [-0.15, -0.1) is 0 Å². The molecule has 0 amide bonds. The molecule has 102 valence electrons. The number of aliphatic hydroxyl groups excluding tert-OH is 1. The highest BCUT2D eigenvalue weighted by atomic mass is 32.2. The summed E-state index contributed by atoms with van der Waals surface area (Å²) in [7, 11) is -2.89. The lowest BCUT2D eigenvalue weighted by Gasteiger charge is -2.14. The fraction of sp³-hybridized carbons (Fsp3) is 0.571. The van der Waals surface area contributed by atoms with Crippen molar-refractivity contribution in [3.8, 4) is 0 Å². The molecule has 0 bridgehead atoms. The van der Waals surface area contributed by atoms with Crippen molar-refractivity contribution < 1.29 is 13.5 Å². The molecule has 1 atom stereocenters. The molecule has 0 heterocycles. The van der Waals surface area contributed by atoms with Crippen molar-refractivity contribution in [2.24, 2.45) is 5.92 Å². The van der Waals surface area contributed by atoms with Crippen LogP contribution in [0, 0.1) is 12.8 Å². The van der Waals surface area contributed by atoms with Crippen LogP contribution in [0.15, 0.2) is 24.3 Å². The second kappa shape index (κ2) is 6.90. The standard InChI is InChI=1S/C14H22O3S/c1-12-5-7-13(8-6-12)10-14(11-15)4-3-9-18(2,16)17/h5-8,14-15H,3-4,9-11H2,1-2H3. The van der Waals surface area contributed by atoms with Gasteiger partial charge in [-0.25, -0.2) is 8.42 Å². The van der Waals surface area contributed by atoms with Crippen LogP contribution in [0.2, 0.25) is 0 Å². The molecule has 0 aliphatic carbocycles. The molecule has 1 aromatic carbocycles. The highest BCUT2D eigenvalue weighted by Crippen LogP contribution is 2.15. The second-order valence-electron chi connectivity index (χ2n) is 5.01. The van der Waals surface area contributed by atoms with Crippen LogP contribution in [-0.2, 0) is 16.3 Å². The highest BCUT2D eigenvalue weighted by molar-refractivity contribution is 7.90. The third-order valence-electron chi connectivity index (χ3n) is 3.03. The van der Waals surface area contributed by atoms with Gasteiger partial charge in [-0.2, -0.15) is 0 Å². The quantitative estimate of drug-likeness (QED) is 0.824. The summed E-state index contributed by atoms with van der Waals surface area (Å²) in [6.07, 6.45) is 3.43. The second-order valence-corrected chi connectivity index (χ2v) is 7.27. The number of aryl methyl sites for hydroxylation is 1. The summed E-state index contributed by atoms with van der Waals surface area (Å²) in [6.45, 7) is 2.15. The van der Waals surface area contributed by atoms with Crippen molar-refractivity contribution >= 4 is 9.84 Å². The molecule has 18 heavy (non-hydrogen) atoms. The lowest BCUT2D eigenvalue weighted by atomic mass is 9.95. The topological polar surface area (TPSA) is 54.4 Å². The Kier molecular flexibility index (Phi) is 5.82. The third kappa shape index (κ3) is 6.17. The first-order chi connectivity index (χ1) is 8.40. The first kappa shape index (κ1) is 15.2. The van der Waals surface area contributed by atoms with Gasteiger partial charge < -0.3 is 5.11 Å². The molecule has 0 aromatic heterocycles. The maximum absolute atomic E-state index is 11.0. The fourth-order valence-corrected chi connectivity index (χ4v) is 2.64. The van der Waals surface area contributed by atoms with Gasteiger partial charge in [0.25, 0.3) is 0 Å². The Bertz CT molecular complexity index is 448. The number of sulfone groups is 1. The van der Waals surface area contributed by atoms with Crippen molar-refractivity contribution in [1.29, 1.82) is 0 Å². The van der Waals surface area contributed by atoms with E-state index in [0.29, 0.717) is 6.42 Å². The molecular weight excluding hydrogens is 248 g/mol. The largest absolute Gasteiger partial charge is 0.396 e. The van der Waals surface area contributed by atoms with Crippen LogP contribution in [0.3, 0.4) is 0 Å². The zero-order valence-corrected chi connectivity index (χ0v) is 11.9. The Morgan fingerprint density at radius 1 is 1.22 bits per heavy atom.